The van der Waals surface area contributed by atoms with Crippen LogP contribution in [0.4, 0.5) is 0 Å². The molecule has 2 unspecified atom stereocenters. The highest BCUT2D eigenvalue weighted by Crippen LogP contribution is 2.48. The van der Waals surface area contributed by atoms with Gasteiger partial charge in [-0.2, -0.15) is 0 Å². The van der Waals surface area contributed by atoms with Crippen LogP contribution in [0, 0.1) is 23.7 Å². The van der Waals surface area contributed by atoms with E-state index in [1.165, 1.54) is 0 Å². The first-order chi connectivity index (χ1) is 8.85. The monoisotopic (exact) mass is 265 g/mol. The van der Waals surface area contributed by atoms with Gasteiger partial charge in [0.2, 0.25) is 5.91 Å². The number of allylic oxidation sites excluding steroid dienone is 2. The highest BCUT2D eigenvalue weighted by Gasteiger charge is 2.52. The van der Waals surface area contributed by atoms with Crippen molar-refractivity contribution in [2.45, 2.75) is 45.6 Å². The molecule has 2 N–H and O–H groups in total. The maximum absolute atomic E-state index is 12.4. The first kappa shape index (κ1) is 14.1. The van der Waals surface area contributed by atoms with Gasteiger partial charge in [-0.15, -0.1) is 0 Å². The lowest BCUT2D eigenvalue weighted by Crippen LogP contribution is -2.49. The third-order valence-electron chi connectivity index (χ3n) is 4.38. The predicted molar refractivity (Wildman–Crippen MR) is 72.5 cm³/mol. The molecule has 1 fully saturated rings. The Kier molecular flexibility index (Phi) is 3.70. The lowest BCUT2D eigenvalue weighted by atomic mass is 9.81. The van der Waals surface area contributed by atoms with Crippen LogP contribution in [-0.2, 0) is 9.59 Å². The normalized spacial score (nSPS) is 32.6. The average Bonchev–Trinajstić information content (AvgIpc) is 2.86. The van der Waals surface area contributed by atoms with E-state index >= 15 is 0 Å². The summed E-state index contributed by atoms with van der Waals surface area (Å²) in [6.07, 6.45) is 6.67. The highest BCUT2D eigenvalue weighted by molar-refractivity contribution is 5.87. The number of aliphatic carboxylic acids is 1. The van der Waals surface area contributed by atoms with Crippen LogP contribution in [0.5, 0.6) is 0 Å². The van der Waals surface area contributed by atoms with Gasteiger partial charge in [0.1, 0.15) is 0 Å². The Labute approximate surface area is 114 Å². The minimum atomic E-state index is -0.842. The maximum atomic E-state index is 12.4. The molecule has 2 rings (SSSR count). The van der Waals surface area contributed by atoms with Crippen molar-refractivity contribution in [3.8, 4) is 0 Å². The summed E-state index contributed by atoms with van der Waals surface area (Å²) < 4.78 is 0. The predicted octanol–water partition coefficient (Wildman–Crippen LogP) is 2.20. The second kappa shape index (κ2) is 4.99. The number of carbonyl (C=O) groups excluding carboxylic acids is 1. The minimum absolute atomic E-state index is 0.0348. The molecule has 4 atom stereocenters. The van der Waals surface area contributed by atoms with E-state index in [2.05, 4.69) is 12.2 Å². The number of nitrogens with one attached hydrogen (secondary N) is 1. The van der Waals surface area contributed by atoms with Crippen LogP contribution in [0.25, 0.3) is 0 Å². The number of hydrogen-bond donors (Lipinski definition) is 2. The van der Waals surface area contributed by atoms with E-state index in [9.17, 15) is 14.7 Å². The van der Waals surface area contributed by atoms with Gasteiger partial charge in [-0.25, -0.2) is 0 Å². The molecule has 0 aromatic rings. The van der Waals surface area contributed by atoms with Crippen LogP contribution in [0.3, 0.4) is 0 Å². The molecular formula is C15H23NO3. The maximum Gasteiger partial charge on any atom is 0.307 e. The van der Waals surface area contributed by atoms with E-state index < -0.39 is 17.8 Å². The fraction of sp³-hybridized carbons (Fsp3) is 0.733. The van der Waals surface area contributed by atoms with Gasteiger partial charge in [-0.3, -0.25) is 9.59 Å². The summed E-state index contributed by atoms with van der Waals surface area (Å²) in [5.41, 5.74) is -0.263. The molecule has 2 aliphatic rings. The first-order valence-electron chi connectivity index (χ1n) is 7.09. The number of amides is 1. The van der Waals surface area contributed by atoms with Crippen molar-refractivity contribution in [1.82, 2.24) is 5.32 Å². The van der Waals surface area contributed by atoms with Crippen molar-refractivity contribution >= 4 is 11.9 Å². The van der Waals surface area contributed by atoms with Crippen LogP contribution in [0.1, 0.15) is 40.0 Å². The lowest BCUT2D eigenvalue weighted by molar-refractivity contribution is -0.148. The molecule has 0 aliphatic heterocycles. The molecule has 4 nitrogen and oxygen atoms in total. The van der Waals surface area contributed by atoms with Crippen LogP contribution in [0.15, 0.2) is 12.2 Å². The summed E-state index contributed by atoms with van der Waals surface area (Å²) in [6, 6.07) is 0. The first-order valence-corrected chi connectivity index (χ1v) is 7.09. The minimum Gasteiger partial charge on any atom is -0.481 e. The van der Waals surface area contributed by atoms with E-state index in [0.717, 1.165) is 19.3 Å². The summed E-state index contributed by atoms with van der Waals surface area (Å²) >= 11 is 0. The van der Waals surface area contributed by atoms with Gasteiger partial charge in [-0.1, -0.05) is 25.5 Å². The zero-order valence-electron chi connectivity index (χ0n) is 11.8. The van der Waals surface area contributed by atoms with Gasteiger partial charge >= 0.3 is 5.97 Å². The Morgan fingerprint density at radius 3 is 2.37 bits per heavy atom. The van der Waals surface area contributed by atoms with Crippen molar-refractivity contribution in [2.75, 3.05) is 0 Å². The largest absolute Gasteiger partial charge is 0.481 e. The second-order valence-corrected chi connectivity index (χ2v) is 6.46. The Balaban J connectivity index is 2.10. The third-order valence-corrected chi connectivity index (χ3v) is 4.38. The Bertz CT molecular complexity index is 414. The van der Waals surface area contributed by atoms with Gasteiger partial charge in [0, 0.05) is 5.54 Å². The fourth-order valence-electron chi connectivity index (χ4n) is 3.62. The summed E-state index contributed by atoms with van der Waals surface area (Å²) in [6.45, 7) is 6.06. The van der Waals surface area contributed by atoms with Crippen molar-refractivity contribution in [1.29, 1.82) is 0 Å². The summed E-state index contributed by atoms with van der Waals surface area (Å²) in [4.78, 5) is 23.8. The van der Waals surface area contributed by atoms with Gasteiger partial charge in [0.25, 0.3) is 0 Å². The Morgan fingerprint density at radius 2 is 1.84 bits per heavy atom. The molecule has 0 saturated heterocycles. The van der Waals surface area contributed by atoms with Gasteiger partial charge in [-0.05, 0) is 38.5 Å². The van der Waals surface area contributed by atoms with Crippen molar-refractivity contribution in [3.05, 3.63) is 12.2 Å². The summed E-state index contributed by atoms with van der Waals surface area (Å²) in [5, 5.41) is 12.4. The highest BCUT2D eigenvalue weighted by atomic mass is 16.4. The third kappa shape index (κ3) is 2.67. The molecule has 0 radical (unpaired) electrons. The van der Waals surface area contributed by atoms with E-state index in [4.69, 9.17) is 0 Å². The summed E-state index contributed by atoms with van der Waals surface area (Å²) in [5.74, 6) is -1.75. The second-order valence-electron chi connectivity index (χ2n) is 6.46. The molecule has 0 heterocycles. The molecule has 106 valence electrons. The molecule has 0 aromatic carbocycles. The Morgan fingerprint density at radius 1 is 1.26 bits per heavy atom. The van der Waals surface area contributed by atoms with Crippen molar-refractivity contribution < 1.29 is 14.7 Å². The fourth-order valence-corrected chi connectivity index (χ4v) is 3.62. The lowest BCUT2D eigenvalue weighted by Gasteiger charge is -2.31. The number of fused-ring (bicyclic) bond motifs is 2. The molecular weight excluding hydrogens is 242 g/mol. The topological polar surface area (TPSA) is 66.4 Å². The molecule has 4 heteroatoms. The smallest absolute Gasteiger partial charge is 0.307 e. The molecule has 2 bridgehead atoms. The van der Waals surface area contributed by atoms with Gasteiger partial charge < -0.3 is 10.4 Å². The van der Waals surface area contributed by atoms with Crippen LogP contribution in [0.2, 0.25) is 0 Å². The average molecular weight is 265 g/mol. The zero-order valence-corrected chi connectivity index (χ0v) is 11.8. The zero-order chi connectivity index (χ0) is 14.2. The number of hydrogen-bond acceptors (Lipinski definition) is 2. The number of carboxylic acid groups (broad SMARTS) is 1. The molecule has 2 aliphatic carbocycles. The van der Waals surface area contributed by atoms with Crippen LogP contribution < -0.4 is 5.32 Å². The van der Waals surface area contributed by atoms with E-state index in [1.54, 1.807) is 0 Å². The quantitative estimate of drug-likeness (QED) is 0.749. The molecule has 19 heavy (non-hydrogen) atoms. The molecule has 0 aromatic heterocycles. The van der Waals surface area contributed by atoms with Crippen LogP contribution in [-0.4, -0.2) is 22.5 Å². The van der Waals surface area contributed by atoms with Gasteiger partial charge in [0.15, 0.2) is 0 Å². The van der Waals surface area contributed by atoms with E-state index in [1.807, 2.05) is 26.0 Å². The molecule has 0 spiro atoms. The van der Waals surface area contributed by atoms with Gasteiger partial charge in [0.05, 0.1) is 11.8 Å². The van der Waals surface area contributed by atoms with E-state index in [-0.39, 0.29) is 23.3 Å². The SMILES string of the molecule is CCCC(C)(C)NC(=O)[C@H]1C2C=CC(C2)[C@H]1C(=O)O. The standard InChI is InChI=1S/C15H23NO3/c1-4-7-15(2,3)16-13(17)11-9-5-6-10(8-9)12(11)14(18)19/h5-6,9-12H,4,7-8H2,1-3H3,(H,16,17)(H,18,19)/t9?,10?,11-,12+/m0/s1. The molecule has 1 saturated carbocycles. The van der Waals surface area contributed by atoms with Crippen LogP contribution >= 0.6 is 0 Å². The number of carbonyl (C=O) groups is 2. The Hall–Kier alpha value is -1.32. The summed E-state index contributed by atoms with van der Waals surface area (Å²) in [7, 11) is 0. The molecule has 1 amide bonds. The number of rotatable bonds is 5. The van der Waals surface area contributed by atoms with E-state index in [0.29, 0.717) is 0 Å². The van der Waals surface area contributed by atoms with Crippen molar-refractivity contribution in [2.24, 2.45) is 23.7 Å². The van der Waals surface area contributed by atoms with Crippen molar-refractivity contribution in [3.63, 3.8) is 0 Å². The number of carboxylic acids is 1.